The minimum absolute atomic E-state index is 0.0896. The van der Waals surface area contributed by atoms with Gasteiger partial charge >= 0.3 is 25.7 Å². The molecule has 20 heteroatoms. The number of amides is 4. The van der Waals surface area contributed by atoms with E-state index >= 15 is 0 Å². The number of unbranched alkanes of at least 4 members (excludes halogenated alkanes) is 24. The maximum atomic E-state index is 13.5. The molecule has 4 amide bonds. The molecule has 19 nitrogen and oxygen atoms in total. The lowest BCUT2D eigenvalue weighted by atomic mass is 9.98. The van der Waals surface area contributed by atoms with Crippen molar-refractivity contribution >= 4 is 60.3 Å². The summed E-state index contributed by atoms with van der Waals surface area (Å²) >= 11 is 0. The van der Waals surface area contributed by atoms with E-state index in [0.717, 1.165) is 56.5 Å². The molecule has 2 aromatic carbocycles. The van der Waals surface area contributed by atoms with Gasteiger partial charge in [-0.05, 0) is 48.1 Å². The fourth-order valence-electron chi connectivity index (χ4n) is 10.0. The highest BCUT2D eigenvalue weighted by molar-refractivity contribution is 7.47. The third-order valence-corrected chi connectivity index (χ3v) is 16.3. The third-order valence-electron chi connectivity index (χ3n) is 15.3. The Balaban J connectivity index is 1.48. The number of aromatic nitrogens is 1. The minimum Gasteiger partial charge on any atom is -0.462 e. The predicted molar refractivity (Wildman–Crippen MR) is 336 cm³/mol. The zero-order chi connectivity index (χ0) is 62.6. The zero-order valence-electron chi connectivity index (χ0n) is 52.7. The lowest BCUT2D eigenvalue weighted by Gasteiger charge is -2.24. The Labute approximate surface area is 513 Å². The molecule has 0 aliphatic rings. The summed E-state index contributed by atoms with van der Waals surface area (Å²) in [6.45, 7) is 7.09. The van der Waals surface area contributed by atoms with Gasteiger partial charge in [0.05, 0.1) is 32.6 Å². The zero-order valence-corrected chi connectivity index (χ0v) is 53.6. The van der Waals surface area contributed by atoms with Crippen LogP contribution in [0.4, 0.5) is 0 Å². The van der Waals surface area contributed by atoms with Crippen molar-refractivity contribution in [3.63, 3.8) is 0 Å². The summed E-state index contributed by atoms with van der Waals surface area (Å²) in [6, 6.07) is 11.8. The van der Waals surface area contributed by atoms with Gasteiger partial charge in [0.2, 0.25) is 23.6 Å². The number of H-pyrrole nitrogens is 1. The van der Waals surface area contributed by atoms with Crippen molar-refractivity contribution < 1.29 is 66.3 Å². The SMILES string of the molecule is CCCCCCCCCCCCCCCC(=O)OC[C@H](CNC(=O)[C@H](COP(=O)(O)OCCNC(=O)[C@@H](NC(=O)Cc1c[nH]c2ccc(OC(=O)Cc3ccccc3)cc12)[C@@H](C)CC)NC(C)=O)OC(=O)CCCCCCCCCCCCCCC. The summed E-state index contributed by atoms with van der Waals surface area (Å²) < 4.78 is 40.1. The van der Waals surface area contributed by atoms with E-state index in [1.165, 1.54) is 116 Å². The molecule has 3 rings (SSSR count). The first-order valence-corrected chi connectivity index (χ1v) is 34.0. The molecular formula is C66H106N5O14P. The average Bonchev–Trinajstić information content (AvgIpc) is 4.12. The van der Waals surface area contributed by atoms with Crippen LogP contribution >= 0.6 is 7.82 Å². The summed E-state index contributed by atoms with van der Waals surface area (Å²) in [7, 11) is -4.89. The topological polar surface area (TPSA) is 267 Å². The fourth-order valence-corrected chi connectivity index (χ4v) is 10.8. The monoisotopic (exact) mass is 1220 g/mol. The van der Waals surface area contributed by atoms with Crippen molar-refractivity contribution in [2.24, 2.45) is 5.92 Å². The number of benzene rings is 2. The number of carbonyl (C=O) groups excluding carboxylic acids is 7. The van der Waals surface area contributed by atoms with Crippen molar-refractivity contribution in [3.8, 4) is 5.75 Å². The Kier molecular flexibility index (Phi) is 39.6. The molecule has 6 N–H and O–H groups in total. The normalized spacial score (nSPS) is 13.4. The second-order valence-corrected chi connectivity index (χ2v) is 24.4. The van der Waals surface area contributed by atoms with Crippen molar-refractivity contribution in [2.45, 2.75) is 252 Å². The average molecular weight is 1220 g/mol. The predicted octanol–water partition coefficient (Wildman–Crippen LogP) is 12.7. The fraction of sp³-hybridized carbons (Fsp3) is 0.682. The molecule has 0 aliphatic carbocycles. The van der Waals surface area contributed by atoms with Gasteiger partial charge in [-0.3, -0.25) is 42.6 Å². The maximum Gasteiger partial charge on any atom is 0.472 e. The molecule has 5 atom stereocenters. The van der Waals surface area contributed by atoms with Gasteiger partial charge in [0.25, 0.3) is 0 Å². The van der Waals surface area contributed by atoms with Crippen molar-refractivity contribution in [3.05, 3.63) is 65.9 Å². The summed E-state index contributed by atoms with van der Waals surface area (Å²) in [5, 5.41) is 11.1. The first kappa shape index (κ1) is 74.6. The van der Waals surface area contributed by atoms with Crippen LogP contribution in [0.1, 0.15) is 232 Å². The number of ether oxygens (including phenoxy) is 3. The molecule has 0 saturated carbocycles. The van der Waals surface area contributed by atoms with E-state index in [1.807, 2.05) is 37.3 Å². The van der Waals surface area contributed by atoms with Gasteiger partial charge in [-0.25, -0.2) is 4.57 Å². The molecular weight excluding hydrogens is 1120 g/mol. The van der Waals surface area contributed by atoms with E-state index in [4.69, 9.17) is 23.3 Å². The first-order valence-electron chi connectivity index (χ1n) is 32.5. The summed E-state index contributed by atoms with van der Waals surface area (Å²) in [6.07, 6.45) is 31.7. The highest BCUT2D eigenvalue weighted by Gasteiger charge is 2.30. The maximum absolute atomic E-state index is 13.5. The van der Waals surface area contributed by atoms with Gasteiger partial charge in [0, 0.05) is 43.4 Å². The Morgan fingerprint density at radius 1 is 0.605 bits per heavy atom. The van der Waals surface area contributed by atoms with Crippen LogP contribution in [0.3, 0.4) is 0 Å². The van der Waals surface area contributed by atoms with Gasteiger partial charge < -0.3 is 45.4 Å². The summed E-state index contributed by atoms with van der Waals surface area (Å²) in [5.41, 5.74) is 2.14. The molecule has 1 unspecified atom stereocenters. The van der Waals surface area contributed by atoms with Crippen LogP contribution in [-0.4, -0.2) is 103 Å². The molecule has 1 aromatic heterocycles. The third kappa shape index (κ3) is 34.7. The Bertz CT molecular complexity index is 2460. The number of fused-ring (bicyclic) bond motifs is 1. The number of phosphoric ester groups is 1. The molecule has 0 aliphatic heterocycles. The number of esters is 3. The van der Waals surface area contributed by atoms with Crippen LogP contribution in [0.5, 0.6) is 5.75 Å². The minimum atomic E-state index is -4.89. The Hall–Kier alpha value is -5.62. The highest BCUT2D eigenvalue weighted by atomic mass is 31.2. The second kappa shape index (κ2) is 45.6. The molecule has 0 radical (unpaired) electrons. The number of aromatic amines is 1. The van der Waals surface area contributed by atoms with Crippen LogP contribution in [0, 0.1) is 5.92 Å². The van der Waals surface area contributed by atoms with E-state index in [9.17, 15) is 43.0 Å². The van der Waals surface area contributed by atoms with E-state index in [2.05, 4.69) is 40.1 Å². The van der Waals surface area contributed by atoms with Crippen LogP contribution in [-0.2, 0) is 69.5 Å². The molecule has 0 spiro atoms. The molecule has 0 saturated heterocycles. The summed E-state index contributed by atoms with van der Waals surface area (Å²) in [5.74, 6) is -3.88. The number of nitrogens with one attached hydrogen (secondary N) is 5. The van der Waals surface area contributed by atoms with Crippen LogP contribution in [0.15, 0.2) is 54.7 Å². The largest absolute Gasteiger partial charge is 0.472 e. The molecule has 3 aromatic rings. The number of hydrogen-bond donors (Lipinski definition) is 6. The Morgan fingerprint density at radius 3 is 1.70 bits per heavy atom. The van der Waals surface area contributed by atoms with Crippen LogP contribution in [0.25, 0.3) is 10.9 Å². The Morgan fingerprint density at radius 2 is 1.15 bits per heavy atom. The van der Waals surface area contributed by atoms with Gasteiger partial charge in [0.1, 0.15) is 24.4 Å². The standard InChI is InChI=1S/C66H106N5O14P/c1-6-9-11-13-15-17-19-21-23-25-27-29-34-38-61(74)81-49-56(85-62(75)39-35-30-28-26-24-22-20-18-16-14-12-10-7-2)48-69-65(77)59(70-52(5)72)50-83-86(79,80)82-43-42-67-66(78)64(51(4)8-3)71-60(73)45-54-47-68-58-41-40-55(46-57(54)58)84-63(76)44-53-36-32-31-33-37-53/h31-33,36-37,40-41,46-47,51,56,59,64,68H,6-30,34-35,38-39,42-45,48-50H2,1-5H3,(H,67,78)(H,69,77)(H,70,72)(H,71,73)(H,79,80)/t51-,56-,59-,64-/m0/s1. The van der Waals surface area contributed by atoms with E-state index in [-0.39, 0.29) is 51.3 Å². The lowest BCUT2D eigenvalue weighted by molar-refractivity contribution is -0.159. The van der Waals surface area contributed by atoms with Gasteiger partial charge in [-0.1, -0.05) is 219 Å². The van der Waals surface area contributed by atoms with Gasteiger partial charge in [-0.15, -0.1) is 0 Å². The molecule has 0 bridgehead atoms. The summed E-state index contributed by atoms with van der Waals surface area (Å²) in [4.78, 5) is 105. The molecule has 86 heavy (non-hydrogen) atoms. The first-order chi connectivity index (χ1) is 41.5. The number of phosphoric acid groups is 1. The van der Waals surface area contributed by atoms with Gasteiger partial charge in [-0.2, -0.15) is 0 Å². The lowest BCUT2D eigenvalue weighted by Crippen LogP contribution is -2.51. The molecule has 1 heterocycles. The second-order valence-electron chi connectivity index (χ2n) is 22.9. The number of carbonyl (C=O) groups is 7. The quantitative estimate of drug-likeness (QED) is 0.0133. The van der Waals surface area contributed by atoms with Gasteiger partial charge in [0.15, 0.2) is 6.10 Å². The van der Waals surface area contributed by atoms with Crippen molar-refractivity contribution in [1.82, 2.24) is 26.3 Å². The van der Waals surface area contributed by atoms with Crippen molar-refractivity contribution in [2.75, 3.05) is 32.9 Å². The molecule has 484 valence electrons. The van der Waals surface area contributed by atoms with E-state index < -0.39 is 80.8 Å². The smallest absolute Gasteiger partial charge is 0.462 e. The van der Waals surface area contributed by atoms with E-state index in [0.29, 0.717) is 36.0 Å². The highest BCUT2D eigenvalue weighted by Crippen LogP contribution is 2.43. The number of rotatable bonds is 51. The van der Waals surface area contributed by atoms with Crippen LogP contribution < -0.4 is 26.0 Å². The number of hydrogen-bond acceptors (Lipinski definition) is 13. The molecule has 0 fully saturated rings. The van der Waals surface area contributed by atoms with E-state index in [1.54, 1.807) is 31.3 Å². The van der Waals surface area contributed by atoms with Crippen molar-refractivity contribution in [1.29, 1.82) is 0 Å². The van der Waals surface area contributed by atoms with Crippen LogP contribution in [0.2, 0.25) is 0 Å².